The number of ether oxygens (including phenoxy) is 1. The van der Waals surface area contributed by atoms with Crippen LogP contribution in [-0.4, -0.2) is 72.5 Å². The van der Waals surface area contributed by atoms with Crippen molar-refractivity contribution in [3.05, 3.63) is 35.1 Å². The summed E-state index contributed by atoms with van der Waals surface area (Å²) >= 11 is 3.59. The number of halogens is 1. The van der Waals surface area contributed by atoms with E-state index in [9.17, 15) is 4.79 Å². The first-order valence-corrected chi connectivity index (χ1v) is 11.2. The molecule has 2 saturated heterocycles. The lowest BCUT2D eigenvalue weighted by Gasteiger charge is -2.55. The van der Waals surface area contributed by atoms with Gasteiger partial charge in [-0.1, -0.05) is 6.07 Å². The SMILES string of the molecule is CC(Nc1nc2c(Br)cccc2c2nc(-c3cnn(C)c3)nn12)C(=O)N1CC2(COC2)C1. The first-order valence-electron chi connectivity index (χ1n) is 10.4. The molecule has 1 unspecified atom stereocenters. The number of para-hydroxylation sites is 1. The van der Waals surface area contributed by atoms with Crippen LogP contribution in [0.25, 0.3) is 27.9 Å². The monoisotopic (exact) mass is 496 g/mol. The number of rotatable bonds is 4. The fourth-order valence-corrected chi connectivity index (χ4v) is 4.83. The van der Waals surface area contributed by atoms with Crippen molar-refractivity contribution < 1.29 is 9.53 Å². The number of fused-ring (bicyclic) bond motifs is 3. The Hall–Kier alpha value is -3.05. The van der Waals surface area contributed by atoms with Gasteiger partial charge in [0.25, 0.3) is 0 Å². The smallest absolute Gasteiger partial charge is 0.244 e. The van der Waals surface area contributed by atoms with Gasteiger partial charge in [-0.2, -0.15) is 9.61 Å². The molecule has 0 saturated carbocycles. The molecular formula is C21H21BrN8O2. The molecule has 11 heteroatoms. The van der Waals surface area contributed by atoms with Crippen LogP contribution in [0.15, 0.2) is 35.1 Å². The highest BCUT2D eigenvalue weighted by molar-refractivity contribution is 9.10. The van der Waals surface area contributed by atoms with Gasteiger partial charge in [-0.05, 0) is 35.0 Å². The van der Waals surface area contributed by atoms with Gasteiger partial charge < -0.3 is 15.0 Å². The Morgan fingerprint density at radius 3 is 2.78 bits per heavy atom. The number of carbonyl (C=O) groups excluding carboxylic acids is 1. The number of benzene rings is 1. The average molecular weight is 497 g/mol. The molecule has 1 amide bonds. The molecule has 3 aromatic heterocycles. The van der Waals surface area contributed by atoms with Crippen LogP contribution in [-0.2, 0) is 16.6 Å². The number of nitrogens with one attached hydrogen (secondary N) is 1. The van der Waals surface area contributed by atoms with Crippen LogP contribution in [0.5, 0.6) is 0 Å². The van der Waals surface area contributed by atoms with Gasteiger partial charge >= 0.3 is 0 Å². The molecule has 10 nitrogen and oxygen atoms in total. The minimum absolute atomic E-state index is 0.0392. The van der Waals surface area contributed by atoms with E-state index >= 15 is 0 Å². The van der Waals surface area contributed by atoms with Gasteiger partial charge in [-0.15, -0.1) is 5.10 Å². The van der Waals surface area contributed by atoms with Crippen molar-refractivity contribution in [2.75, 3.05) is 31.6 Å². The number of nitrogens with zero attached hydrogens (tertiary/aromatic N) is 7. The molecule has 0 radical (unpaired) electrons. The number of aromatic nitrogens is 6. The van der Waals surface area contributed by atoms with Gasteiger partial charge in [-0.3, -0.25) is 9.48 Å². The topological polar surface area (TPSA) is 102 Å². The van der Waals surface area contributed by atoms with Crippen molar-refractivity contribution in [1.82, 2.24) is 34.3 Å². The maximum atomic E-state index is 13.0. The van der Waals surface area contributed by atoms with Crippen molar-refractivity contribution in [2.24, 2.45) is 12.5 Å². The summed E-state index contributed by atoms with van der Waals surface area (Å²) in [5.41, 5.74) is 2.40. The third kappa shape index (κ3) is 2.99. The fraction of sp³-hybridized carbons (Fsp3) is 0.381. The summed E-state index contributed by atoms with van der Waals surface area (Å²) in [6.45, 7) is 4.84. The van der Waals surface area contributed by atoms with E-state index in [1.165, 1.54) is 0 Å². The Balaban J connectivity index is 1.38. The predicted octanol–water partition coefficient (Wildman–Crippen LogP) is 2.10. The van der Waals surface area contributed by atoms with Crippen molar-refractivity contribution in [3.63, 3.8) is 0 Å². The molecule has 1 N–H and O–H groups in total. The van der Waals surface area contributed by atoms with Crippen LogP contribution in [0.4, 0.5) is 5.95 Å². The lowest BCUT2D eigenvalue weighted by atomic mass is 9.78. The Morgan fingerprint density at radius 1 is 1.28 bits per heavy atom. The summed E-state index contributed by atoms with van der Waals surface area (Å²) in [4.78, 5) is 24.4. The number of aryl methyl sites for hydroxylation is 1. The molecule has 32 heavy (non-hydrogen) atoms. The summed E-state index contributed by atoms with van der Waals surface area (Å²) in [5, 5.41) is 13.0. The quantitative estimate of drug-likeness (QED) is 0.461. The number of hydrogen-bond acceptors (Lipinski definition) is 7. The maximum absolute atomic E-state index is 13.0. The number of carbonyl (C=O) groups is 1. The summed E-state index contributed by atoms with van der Waals surface area (Å²) in [5.74, 6) is 1.05. The first-order chi connectivity index (χ1) is 15.4. The van der Waals surface area contributed by atoms with Crippen LogP contribution in [0.3, 0.4) is 0 Å². The second kappa shape index (κ2) is 6.97. The second-order valence-electron chi connectivity index (χ2n) is 8.70. The van der Waals surface area contributed by atoms with E-state index in [-0.39, 0.29) is 11.3 Å². The van der Waals surface area contributed by atoms with Crippen LogP contribution in [0, 0.1) is 5.41 Å². The zero-order valence-corrected chi connectivity index (χ0v) is 19.2. The van der Waals surface area contributed by atoms with E-state index in [0.717, 1.165) is 47.2 Å². The van der Waals surface area contributed by atoms with Gasteiger partial charge in [0, 0.05) is 36.2 Å². The number of amides is 1. The highest BCUT2D eigenvalue weighted by atomic mass is 79.9. The summed E-state index contributed by atoms with van der Waals surface area (Å²) in [7, 11) is 1.85. The van der Waals surface area contributed by atoms with E-state index in [1.807, 2.05) is 43.3 Å². The van der Waals surface area contributed by atoms with E-state index in [0.29, 0.717) is 17.4 Å². The largest absolute Gasteiger partial charge is 0.380 e. The molecule has 0 aliphatic carbocycles. The van der Waals surface area contributed by atoms with Crippen molar-refractivity contribution in [3.8, 4) is 11.4 Å². The molecule has 5 heterocycles. The second-order valence-corrected chi connectivity index (χ2v) is 9.55. The Morgan fingerprint density at radius 2 is 2.09 bits per heavy atom. The molecule has 2 aliphatic rings. The summed E-state index contributed by atoms with van der Waals surface area (Å²) < 4.78 is 9.53. The van der Waals surface area contributed by atoms with Gasteiger partial charge in [0.15, 0.2) is 11.5 Å². The molecule has 1 spiro atoms. The van der Waals surface area contributed by atoms with Crippen molar-refractivity contribution in [1.29, 1.82) is 0 Å². The minimum atomic E-state index is -0.463. The first kappa shape index (κ1) is 19.6. The maximum Gasteiger partial charge on any atom is 0.244 e. The van der Waals surface area contributed by atoms with Gasteiger partial charge in [-0.25, -0.2) is 9.97 Å². The van der Waals surface area contributed by atoms with Gasteiger partial charge in [0.2, 0.25) is 11.9 Å². The zero-order chi connectivity index (χ0) is 22.0. The number of hydrogen-bond donors (Lipinski definition) is 1. The van der Waals surface area contributed by atoms with E-state index in [2.05, 4.69) is 31.4 Å². The van der Waals surface area contributed by atoms with Crippen LogP contribution >= 0.6 is 15.9 Å². The third-order valence-corrected chi connectivity index (χ3v) is 6.75. The molecule has 0 bridgehead atoms. The van der Waals surface area contributed by atoms with E-state index in [1.54, 1.807) is 15.4 Å². The van der Waals surface area contributed by atoms with Gasteiger partial charge in [0.1, 0.15) is 6.04 Å². The summed E-state index contributed by atoms with van der Waals surface area (Å²) in [6.07, 6.45) is 3.59. The minimum Gasteiger partial charge on any atom is -0.380 e. The molecule has 164 valence electrons. The third-order valence-electron chi connectivity index (χ3n) is 6.11. The molecule has 6 rings (SSSR count). The highest BCUT2D eigenvalue weighted by Crippen LogP contribution is 2.38. The average Bonchev–Trinajstić information content (AvgIpc) is 3.33. The van der Waals surface area contributed by atoms with E-state index in [4.69, 9.17) is 14.7 Å². The molecule has 2 aliphatic heterocycles. The Kier molecular flexibility index (Phi) is 4.28. The molecular weight excluding hydrogens is 476 g/mol. The van der Waals surface area contributed by atoms with Gasteiger partial charge in [0.05, 0.1) is 35.9 Å². The Bertz CT molecular complexity index is 1370. The van der Waals surface area contributed by atoms with E-state index < -0.39 is 6.04 Å². The van der Waals surface area contributed by atoms with Crippen LogP contribution < -0.4 is 5.32 Å². The highest BCUT2D eigenvalue weighted by Gasteiger charge is 2.51. The number of likely N-dealkylation sites (tertiary alicyclic amines) is 1. The molecule has 2 fully saturated rings. The standard InChI is InChI=1S/C21H21BrN8O2/c1-12(19(31)29-8-21(9-29)10-32-11-21)24-20-25-16-14(4-3-5-15(16)22)18-26-17(27-30(18)20)13-6-23-28(2)7-13/h3-7,12H,8-11H2,1-2H3,(H,24,25). The molecule has 1 atom stereocenters. The van der Waals surface area contributed by atoms with Crippen LogP contribution in [0.2, 0.25) is 0 Å². The zero-order valence-electron chi connectivity index (χ0n) is 17.6. The lowest BCUT2D eigenvalue weighted by molar-refractivity contribution is -0.195. The van der Waals surface area contributed by atoms with Crippen LogP contribution in [0.1, 0.15) is 6.92 Å². The van der Waals surface area contributed by atoms with Crippen molar-refractivity contribution in [2.45, 2.75) is 13.0 Å². The molecule has 4 aromatic rings. The normalized spacial score (nSPS) is 18.0. The summed E-state index contributed by atoms with van der Waals surface area (Å²) in [6, 6.07) is 5.37. The molecule has 1 aromatic carbocycles. The fourth-order valence-electron chi connectivity index (χ4n) is 4.37. The lowest BCUT2D eigenvalue weighted by Crippen LogP contribution is -2.68. The van der Waals surface area contributed by atoms with Crippen molar-refractivity contribution >= 4 is 44.3 Å². The number of anilines is 1. The predicted molar refractivity (Wildman–Crippen MR) is 121 cm³/mol. The Labute approximate surface area is 191 Å².